The lowest BCUT2D eigenvalue weighted by Gasteiger charge is -2.15. The Balaban J connectivity index is 1.59. The molecular formula is C19H32N4O2. The second kappa shape index (κ2) is 10.9. The van der Waals surface area contributed by atoms with E-state index in [9.17, 15) is 0 Å². The van der Waals surface area contributed by atoms with E-state index in [1.165, 1.54) is 11.3 Å². The summed E-state index contributed by atoms with van der Waals surface area (Å²) in [5.74, 6) is 0.814. The molecule has 6 heteroatoms. The summed E-state index contributed by atoms with van der Waals surface area (Å²) in [5, 5.41) is 6.67. The molecule has 0 amide bonds. The molecule has 1 aliphatic heterocycles. The van der Waals surface area contributed by atoms with E-state index < -0.39 is 0 Å². The zero-order chi connectivity index (χ0) is 17.9. The lowest BCUT2D eigenvalue weighted by molar-refractivity contribution is 0.0168. The summed E-state index contributed by atoms with van der Waals surface area (Å²) in [6.45, 7) is 3.93. The number of nitrogens with zero attached hydrogens (tertiary/aromatic N) is 2. The highest BCUT2D eigenvalue weighted by Crippen LogP contribution is 2.13. The van der Waals surface area contributed by atoms with Crippen LogP contribution in [0.3, 0.4) is 0 Å². The monoisotopic (exact) mass is 348 g/mol. The number of ether oxygens (including phenoxy) is 2. The van der Waals surface area contributed by atoms with Gasteiger partial charge in [0.25, 0.3) is 0 Å². The van der Waals surface area contributed by atoms with Gasteiger partial charge in [-0.2, -0.15) is 0 Å². The quantitative estimate of drug-likeness (QED) is 0.406. The fourth-order valence-electron chi connectivity index (χ4n) is 2.72. The normalized spacial score (nSPS) is 17.6. The van der Waals surface area contributed by atoms with Crippen LogP contribution in [0.1, 0.15) is 24.8 Å². The summed E-state index contributed by atoms with van der Waals surface area (Å²) >= 11 is 0. The molecule has 1 aliphatic rings. The average molecular weight is 348 g/mol. The SMILES string of the molecule is CN=C(NCCCOCC1CCCO1)NCc1cccc(N(C)C)c1. The molecule has 0 radical (unpaired) electrons. The van der Waals surface area contributed by atoms with Gasteiger partial charge in [0.05, 0.1) is 12.7 Å². The van der Waals surface area contributed by atoms with E-state index in [0.717, 1.165) is 58.1 Å². The maximum atomic E-state index is 5.67. The summed E-state index contributed by atoms with van der Waals surface area (Å²) in [4.78, 5) is 6.37. The van der Waals surface area contributed by atoms with Gasteiger partial charge >= 0.3 is 0 Å². The van der Waals surface area contributed by atoms with Crippen LogP contribution in [-0.2, 0) is 16.0 Å². The van der Waals surface area contributed by atoms with Gasteiger partial charge in [0.15, 0.2) is 5.96 Å². The molecule has 1 aromatic carbocycles. The van der Waals surface area contributed by atoms with Crippen molar-refractivity contribution in [1.82, 2.24) is 10.6 Å². The highest BCUT2D eigenvalue weighted by atomic mass is 16.5. The third kappa shape index (κ3) is 7.32. The first kappa shape index (κ1) is 19.5. The van der Waals surface area contributed by atoms with Crippen molar-refractivity contribution in [3.8, 4) is 0 Å². The van der Waals surface area contributed by atoms with E-state index in [1.54, 1.807) is 7.05 Å². The second-order valence-electron chi connectivity index (χ2n) is 6.48. The maximum absolute atomic E-state index is 5.67. The van der Waals surface area contributed by atoms with E-state index in [-0.39, 0.29) is 0 Å². The van der Waals surface area contributed by atoms with Crippen LogP contribution in [0.5, 0.6) is 0 Å². The van der Waals surface area contributed by atoms with Crippen LogP contribution in [0.25, 0.3) is 0 Å². The number of aliphatic imine (C=N–C) groups is 1. The highest BCUT2D eigenvalue weighted by molar-refractivity contribution is 5.79. The van der Waals surface area contributed by atoms with E-state index in [1.807, 2.05) is 14.1 Å². The third-order valence-corrected chi connectivity index (χ3v) is 4.20. The first-order valence-corrected chi connectivity index (χ1v) is 9.09. The van der Waals surface area contributed by atoms with Crippen LogP contribution >= 0.6 is 0 Å². The van der Waals surface area contributed by atoms with E-state index >= 15 is 0 Å². The molecular weight excluding hydrogens is 316 g/mol. The van der Waals surface area contributed by atoms with Gasteiger partial charge in [-0.05, 0) is 37.0 Å². The van der Waals surface area contributed by atoms with Crippen LogP contribution in [-0.4, -0.2) is 59.6 Å². The Hall–Kier alpha value is -1.79. The number of rotatable bonds is 9. The molecule has 0 aliphatic carbocycles. The van der Waals surface area contributed by atoms with Gasteiger partial charge in [-0.25, -0.2) is 0 Å². The van der Waals surface area contributed by atoms with Crippen molar-refractivity contribution in [2.45, 2.75) is 31.9 Å². The number of benzene rings is 1. The molecule has 140 valence electrons. The molecule has 1 atom stereocenters. The molecule has 1 saturated heterocycles. The Morgan fingerprint density at radius 1 is 1.36 bits per heavy atom. The van der Waals surface area contributed by atoms with Gasteiger partial charge in [-0.1, -0.05) is 12.1 Å². The molecule has 1 heterocycles. The molecule has 25 heavy (non-hydrogen) atoms. The fraction of sp³-hybridized carbons (Fsp3) is 0.632. The summed E-state index contributed by atoms with van der Waals surface area (Å²) in [6.07, 6.45) is 3.54. The second-order valence-corrected chi connectivity index (χ2v) is 6.48. The molecule has 2 N–H and O–H groups in total. The zero-order valence-corrected chi connectivity index (χ0v) is 15.8. The number of anilines is 1. The Morgan fingerprint density at radius 3 is 2.96 bits per heavy atom. The van der Waals surface area contributed by atoms with Gasteiger partial charge in [0, 0.05) is 53.1 Å². The van der Waals surface area contributed by atoms with Gasteiger partial charge in [0.1, 0.15) is 0 Å². The minimum Gasteiger partial charge on any atom is -0.379 e. The van der Waals surface area contributed by atoms with Crippen molar-refractivity contribution in [2.24, 2.45) is 4.99 Å². The van der Waals surface area contributed by atoms with Gasteiger partial charge in [-0.15, -0.1) is 0 Å². The maximum Gasteiger partial charge on any atom is 0.191 e. The predicted molar refractivity (Wildman–Crippen MR) is 103 cm³/mol. The van der Waals surface area contributed by atoms with Crippen molar-refractivity contribution >= 4 is 11.6 Å². The van der Waals surface area contributed by atoms with Crippen molar-refractivity contribution in [1.29, 1.82) is 0 Å². The molecule has 0 aromatic heterocycles. The van der Waals surface area contributed by atoms with Gasteiger partial charge < -0.3 is 25.0 Å². The zero-order valence-electron chi connectivity index (χ0n) is 15.8. The van der Waals surface area contributed by atoms with Crippen molar-refractivity contribution < 1.29 is 9.47 Å². The smallest absolute Gasteiger partial charge is 0.191 e. The van der Waals surface area contributed by atoms with Crippen LogP contribution in [0.2, 0.25) is 0 Å². The molecule has 1 unspecified atom stereocenters. The Bertz CT molecular complexity index is 528. The average Bonchev–Trinajstić information content (AvgIpc) is 3.14. The summed E-state index contributed by atoms with van der Waals surface area (Å²) < 4.78 is 11.2. The molecule has 6 nitrogen and oxygen atoms in total. The molecule has 2 rings (SSSR count). The molecule has 0 spiro atoms. The van der Waals surface area contributed by atoms with E-state index in [2.05, 4.69) is 44.8 Å². The molecule has 1 fully saturated rings. The summed E-state index contributed by atoms with van der Waals surface area (Å²) in [7, 11) is 5.89. The summed E-state index contributed by atoms with van der Waals surface area (Å²) in [6, 6.07) is 8.48. The lowest BCUT2D eigenvalue weighted by atomic mass is 10.2. The Labute approximate surface area is 151 Å². The predicted octanol–water partition coefficient (Wildman–Crippen LogP) is 2.00. The molecule has 0 bridgehead atoms. The number of guanidine groups is 1. The standard InChI is InChI=1S/C19H32N4O2/c1-20-19(21-10-6-11-24-15-18-9-5-12-25-18)22-14-16-7-4-8-17(13-16)23(2)3/h4,7-8,13,18H,5-6,9-12,14-15H2,1-3H3,(H2,20,21,22). The lowest BCUT2D eigenvalue weighted by Crippen LogP contribution is -2.37. The third-order valence-electron chi connectivity index (χ3n) is 4.20. The topological polar surface area (TPSA) is 58.1 Å². The fourth-order valence-corrected chi connectivity index (χ4v) is 2.72. The Morgan fingerprint density at radius 2 is 2.24 bits per heavy atom. The highest BCUT2D eigenvalue weighted by Gasteiger charge is 2.14. The minimum atomic E-state index is 0.306. The number of hydrogen-bond donors (Lipinski definition) is 2. The van der Waals surface area contributed by atoms with Crippen molar-refractivity contribution in [3.05, 3.63) is 29.8 Å². The molecule has 1 aromatic rings. The Kier molecular flexibility index (Phi) is 8.55. The van der Waals surface area contributed by atoms with E-state index in [0.29, 0.717) is 6.10 Å². The first-order chi connectivity index (χ1) is 12.2. The van der Waals surface area contributed by atoms with Crippen LogP contribution in [0.15, 0.2) is 29.3 Å². The van der Waals surface area contributed by atoms with Gasteiger partial charge in [0.2, 0.25) is 0 Å². The first-order valence-electron chi connectivity index (χ1n) is 9.09. The van der Waals surface area contributed by atoms with Crippen molar-refractivity contribution in [3.63, 3.8) is 0 Å². The van der Waals surface area contributed by atoms with Crippen LogP contribution < -0.4 is 15.5 Å². The largest absolute Gasteiger partial charge is 0.379 e. The van der Waals surface area contributed by atoms with Crippen molar-refractivity contribution in [2.75, 3.05) is 52.4 Å². The minimum absolute atomic E-state index is 0.306. The van der Waals surface area contributed by atoms with Crippen LogP contribution in [0.4, 0.5) is 5.69 Å². The van der Waals surface area contributed by atoms with Crippen LogP contribution in [0, 0.1) is 0 Å². The number of nitrogens with one attached hydrogen (secondary N) is 2. The summed E-state index contributed by atoms with van der Waals surface area (Å²) in [5.41, 5.74) is 2.43. The van der Waals surface area contributed by atoms with E-state index in [4.69, 9.17) is 9.47 Å². The molecule has 0 saturated carbocycles. The van der Waals surface area contributed by atoms with Gasteiger partial charge in [-0.3, -0.25) is 4.99 Å². The number of hydrogen-bond acceptors (Lipinski definition) is 4.